The Morgan fingerprint density at radius 1 is 1.40 bits per heavy atom. The Bertz CT molecular complexity index is 769. The van der Waals surface area contributed by atoms with Gasteiger partial charge in [0.2, 0.25) is 5.82 Å². The van der Waals surface area contributed by atoms with E-state index in [2.05, 4.69) is 21.2 Å². The van der Waals surface area contributed by atoms with Crippen LogP contribution in [0.1, 0.15) is 5.56 Å². The summed E-state index contributed by atoms with van der Waals surface area (Å²) >= 11 is 3.29. The molecule has 0 atom stereocenters. The number of carbonyl (C=O) groups excluding carboxylic acids is 1. The van der Waals surface area contributed by atoms with Gasteiger partial charge in [-0.05, 0) is 17.7 Å². The predicted octanol–water partition coefficient (Wildman–Crippen LogP) is 1.20. The molecule has 0 spiro atoms. The van der Waals surface area contributed by atoms with Crippen LogP contribution in [0.2, 0.25) is 0 Å². The highest BCUT2D eigenvalue weighted by molar-refractivity contribution is 9.10. The molecule has 1 amide bonds. The minimum Gasteiger partial charge on any atom is -0.333 e. The maximum Gasteiger partial charge on any atom is 0.336 e. The van der Waals surface area contributed by atoms with E-state index in [1.807, 2.05) is 6.07 Å². The topological polar surface area (TPSA) is 84.0 Å². The van der Waals surface area contributed by atoms with Crippen molar-refractivity contribution in [2.75, 3.05) is 0 Å². The highest BCUT2D eigenvalue weighted by Gasteiger charge is 2.10. The van der Waals surface area contributed by atoms with Gasteiger partial charge in [0, 0.05) is 11.0 Å². The average molecular weight is 342 g/mol. The van der Waals surface area contributed by atoms with Gasteiger partial charge in [-0.25, -0.2) is 14.2 Å². The van der Waals surface area contributed by atoms with Crippen molar-refractivity contribution >= 4 is 22.0 Å². The number of halogens is 2. The van der Waals surface area contributed by atoms with Crippen LogP contribution >= 0.6 is 15.9 Å². The van der Waals surface area contributed by atoms with Crippen molar-refractivity contribution in [2.24, 2.45) is 0 Å². The fourth-order valence-electron chi connectivity index (χ4n) is 1.51. The Hall–Kier alpha value is -2.22. The molecule has 0 fully saturated rings. The lowest BCUT2D eigenvalue weighted by Gasteiger charge is -2.07. The number of amides is 1. The molecule has 0 unspecified atom stereocenters. The van der Waals surface area contributed by atoms with Gasteiger partial charge in [-0.15, -0.1) is 0 Å². The molecule has 6 nitrogen and oxygen atoms in total. The van der Waals surface area contributed by atoms with E-state index in [-0.39, 0.29) is 6.54 Å². The van der Waals surface area contributed by atoms with E-state index < -0.39 is 23.1 Å². The number of rotatable bonds is 2. The highest BCUT2D eigenvalue weighted by atomic mass is 79.9. The van der Waals surface area contributed by atoms with Crippen LogP contribution in [-0.2, 0) is 6.54 Å². The molecular weight excluding hydrogens is 333 g/mol. The van der Waals surface area contributed by atoms with E-state index in [1.165, 1.54) is 0 Å². The van der Waals surface area contributed by atoms with Crippen LogP contribution in [0.25, 0.3) is 0 Å². The van der Waals surface area contributed by atoms with E-state index in [1.54, 1.807) is 23.2 Å². The Labute approximate surface area is 120 Å². The Morgan fingerprint density at radius 2 is 2.15 bits per heavy atom. The first kappa shape index (κ1) is 14.2. The second kappa shape index (κ2) is 5.83. The maximum absolute atomic E-state index is 13.0. The highest BCUT2D eigenvalue weighted by Crippen LogP contribution is 2.11. The van der Waals surface area contributed by atoms with Gasteiger partial charge in [0.1, 0.15) is 0 Å². The molecule has 0 aliphatic rings. The molecule has 0 saturated heterocycles. The van der Waals surface area contributed by atoms with Gasteiger partial charge < -0.3 is 5.32 Å². The van der Waals surface area contributed by atoms with Crippen LogP contribution < -0.4 is 16.6 Å². The molecule has 0 aliphatic carbocycles. The zero-order chi connectivity index (χ0) is 14.7. The zero-order valence-corrected chi connectivity index (χ0v) is 11.6. The Kier molecular flexibility index (Phi) is 4.14. The van der Waals surface area contributed by atoms with Crippen molar-refractivity contribution in [3.8, 4) is 0 Å². The van der Waals surface area contributed by atoms with E-state index in [9.17, 15) is 18.8 Å². The summed E-state index contributed by atoms with van der Waals surface area (Å²) in [6.07, 6.45) is 0.553. The number of aromatic amines is 1. The number of nitrogens with zero attached hydrogens (tertiary/aromatic N) is 1. The molecule has 2 rings (SSSR count). The largest absolute Gasteiger partial charge is 0.336 e. The summed E-state index contributed by atoms with van der Waals surface area (Å²) in [4.78, 5) is 35.7. The first-order valence-corrected chi connectivity index (χ1v) is 6.31. The van der Waals surface area contributed by atoms with E-state index in [0.717, 1.165) is 10.0 Å². The monoisotopic (exact) mass is 341 g/mol. The average Bonchev–Trinajstić information content (AvgIpc) is 2.40. The lowest BCUT2D eigenvalue weighted by Crippen LogP contribution is -2.40. The van der Waals surface area contributed by atoms with Gasteiger partial charge in [0.15, 0.2) is 0 Å². The molecule has 0 aliphatic heterocycles. The van der Waals surface area contributed by atoms with Gasteiger partial charge >= 0.3 is 11.7 Å². The summed E-state index contributed by atoms with van der Waals surface area (Å²) < 4.78 is 14.4. The fourth-order valence-corrected chi connectivity index (χ4v) is 1.95. The molecule has 1 aromatic heterocycles. The molecule has 0 saturated carbocycles. The van der Waals surface area contributed by atoms with Crippen LogP contribution in [-0.4, -0.2) is 15.6 Å². The van der Waals surface area contributed by atoms with Crippen LogP contribution in [0, 0.1) is 5.82 Å². The smallest absolute Gasteiger partial charge is 0.333 e. The Balaban J connectivity index is 2.15. The number of carbonyl (C=O) groups is 1. The number of nitrogens with one attached hydrogen (secondary N) is 2. The van der Waals surface area contributed by atoms with Crippen LogP contribution in [0.5, 0.6) is 0 Å². The third kappa shape index (κ3) is 3.21. The van der Waals surface area contributed by atoms with Crippen LogP contribution in [0.3, 0.4) is 0 Å². The third-order valence-corrected chi connectivity index (χ3v) is 2.94. The summed E-state index contributed by atoms with van der Waals surface area (Å²) in [6, 6.07) is 6.35. The van der Waals surface area contributed by atoms with Crippen molar-refractivity contribution in [1.82, 2.24) is 14.9 Å². The van der Waals surface area contributed by atoms with Gasteiger partial charge in [-0.3, -0.25) is 9.78 Å². The number of H-pyrrole nitrogens is 1. The zero-order valence-electron chi connectivity index (χ0n) is 10.0. The SMILES string of the molecule is O=C(NCc1cccc(Br)c1)n1cc(F)c(=O)[nH]c1=O. The van der Waals surface area contributed by atoms with Crippen molar-refractivity contribution in [1.29, 1.82) is 0 Å². The van der Waals surface area contributed by atoms with Gasteiger partial charge in [-0.2, -0.15) is 4.39 Å². The molecule has 2 aromatic rings. The molecule has 20 heavy (non-hydrogen) atoms. The summed E-state index contributed by atoms with van der Waals surface area (Å²) in [5, 5.41) is 2.44. The molecule has 104 valence electrons. The summed E-state index contributed by atoms with van der Waals surface area (Å²) in [5.74, 6) is -1.21. The van der Waals surface area contributed by atoms with Crippen molar-refractivity contribution in [2.45, 2.75) is 6.54 Å². The number of hydrogen-bond acceptors (Lipinski definition) is 3. The normalized spacial score (nSPS) is 10.3. The van der Waals surface area contributed by atoms with Crippen molar-refractivity contribution < 1.29 is 9.18 Å². The minimum atomic E-state index is -1.21. The van der Waals surface area contributed by atoms with E-state index in [4.69, 9.17) is 0 Å². The molecular formula is C12H9BrFN3O3. The van der Waals surface area contributed by atoms with Crippen molar-refractivity contribution in [3.63, 3.8) is 0 Å². The molecule has 8 heteroatoms. The lowest BCUT2D eigenvalue weighted by atomic mass is 10.2. The summed E-state index contributed by atoms with van der Waals surface area (Å²) in [7, 11) is 0. The second-order valence-electron chi connectivity index (χ2n) is 3.89. The summed E-state index contributed by atoms with van der Waals surface area (Å²) in [5.41, 5.74) is -1.36. The molecule has 0 radical (unpaired) electrons. The van der Waals surface area contributed by atoms with E-state index in [0.29, 0.717) is 10.8 Å². The predicted molar refractivity (Wildman–Crippen MR) is 73.1 cm³/mol. The maximum atomic E-state index is 13.0. The first-order chi connectivity index (χ1) is 9.47. The molecule has 1 heterocycles. The first-order valence-electron chi connectivity index (χ1n) is 5.51. The lowest BCUT2D eigenvalue weighted by molar-refractivity contribution is 0.240. The summed E-state index contributed by atoms with van der Waals surface area (Å²) in [6.45, 7) is 0.158. The number of aromatic nitrogens is 2. The number of hydrogen-bond donors (Lipinski definition) is 2. The molecule has 1 aromatic carbocycles. The Morgan fingerprint density at radius 3 is 2.85 bits per heavy atom. The van der Waals surface area contributed by atoms with Crippen LogP contribution in [0.15, 0.2) is 44.5 Å². The minimum absolute atomic E-state index is 0.158. The number of benzene rings is 1. The molecule has 2 N–H and O–H groups in total. The van der Waals surface area contributed by atoms with Gasteiger partial charge in [0.05, 0.1) is 6.20 Å². The quantitative estimate of drug-likeness (QED) is 0.860. The van der Waals surface area contributed by atoms with Crippen LogP contribution in [0.4, 0.5) is 9.18 Å². The van der Waals surface area contributed by atoms with Gasteiger partial charge in [0.25, 0.3) is 5.56 Å². The van der Waals surface area contributed by atoms with Gasteiger partial charge in [-0.1, -0.05) is 28.1 Å². The van der Waals surface area contributed by atoms with Crippen molar-refractivity contribution in [3.05, 3.63) is 67.2 Å². The standard InChI is InChI=1S/C12H9BrFN3O3/c13-8-3-1-2-7(4-8)5-15-11(19)17-6-9(14)10(18)16-12(17)20/h1-4,6H,5H2,(H,15,19)(H,16,18,20). The van der Waals surface area contributed by atoms with E-state index >= 15 is 0 Å². The second-order valence-corrected chi connectivity index (χ2v) is 4.81. The molecule has 0 bridgehead atoms. The fraction of sp³-hybridized carbons (Fsp3) is 0.0833. The third-order valence-electron chi connectivity index (χ3n) is 2.45.